The Kier molecular flexibility index (Phi) is 5.81. The fraction of sp³-hybridized carbons (Fsp3) is 0.138. The number of hydrazine groups is 1. The smallest absolute Gasteiger partial charge is 0.288 e. The van der Waals surface area contributed by atoms with Crippen molar-refractivity contribution in [2.24, 2.45) is 0 Å². The number of benzene rings is 3. The van der Waals surface area contributed by atoms with Crippen molar-refractivity contribution in [2.45, 2.75) is 5.37 Å². The second-order valence-corrected chi connectivity index (χ2v) is 10.2. The number of carbonyl (C=O) groups excluding carboxylic acids is 2. The molecule has 1 aliphatic rings. The van der Waals surface area contributed by atoms with Crippen LogP contribution in [0.25, 0.3) is 33.1 Å². The molecule has 0 aliphatic carbocycles. The zero-order valence-corrected chi connectivity index (χ0v) is 21.3. The van der Waals surface area contributed by atoms with Crippen LogP contribution in [0.2, 0.25) is 0 Å². The largest absolute Gasteiger partial charge is 0.378 e. The summed E-state index contributed by atoms with van der Waals surface area (Å²) in [5.74, 6) is -0.256. The molecule has 1 saturated heterocycles. The Bertz CT molecular complexity index is 1630. The van der Waals surface area contributed by atoms with Gasteiger partial charge < -0.3 is 9.88 Å². The van der Waals surface area contributed by atoms with Gasteiger partial charge in [-0.25, -0.2) is 9.99 Å². The normalized spacial score (nSPS) is 15.5. The Hall–Kier alpha value is -4.30. The summed E-state index contributed by atoms with van der Waals surface area (Å²) in [5, 5.41) is 3.06. The predicted molar refractivity (Wildman–Crippen MR) is 149 cm³/mol. The molecule has 0 bridgehead atoms. The summed E-state index contributed by atoms with van der Waals surface area (Å²) >= 11 is 1.49. The molecule has 7 nitrogen and oxygen atoms in total. The van der Waals surface area contributed by atoms with Crippen molar-refractivity contribution < 1.29 is 9.59 Å². The number of fused-ring (bicyclic) bond motifs is 3. The summed E-state index contributed by atoms with van der Waals surface area (Å²) < 4.78 is 0. The van der Waals surface area contributed by atoms with Gasteiger partial charge in [0.25, 0.3) is 11.8 Å². The topological polar surface area (TPSA) is 81.3 Å². The summed E-state index contributed by atoms with van der Waals surface area (Å²) in [4.78, 5) is 36.6. The van der Waals surface area contributed by atoms with E-state index in [0.29, 0.717) is 11.4 Å². The fourth-order valence-corrected chi connectivity index (χ4v) is 5.77. The first-order valence-electron chi connectivity index (χ1n) is 12.0. The van der Waals surface area contributed by atoms with Crippen LogP contribution in [0.3, 0.4) is 0 Å². The first-order valence-corrected chi connectivity index (χ1v) is 13.0. The maximum absolute atomic E-state index is 13.6. The number of para-hydroxylation sites is 1. The summed E-state index contributed by atoms with van der Waals surface area (Å²) in [6.07, 6.45) is 0. The highest BCUT2D eigenvalue weighted by Crippen LogP contribution is 2.37. The second-order valence-electron chi connectivity index (χ2n) is 9.17. The second kappa shape index (κ2) is 9.29. The monoisotopic (exact) mass is 507 g/mol. The van der Waals surface area contributed by atoms with Gasteiger partial charge in [-0.1, -0.05) is 60.7 Å². The number of amides is 2. The Morgan fingerprint density at radius 2 is 1.73 bits per heavy atom. The highest BCUT2D eigenvalue weighted by Gasteiger charge is 2.34. The number of anilines is 1. The highest BCUT2D eigenvalue weighted by atomic mass is 32.2. The van der Waals surface area contributed by atoms with E-state index in [1.165, 1.54) is 16.8 Å². The van der Waals surface area contributed by atoms with Gasteiger partial charge in [-0.05, 0) is 29.8 Å². The van der Waals surface area contributed by atoms with Crippen molar-refractivity contribution in [1.29, 1.82) is 0 Å². The molecular weight excluding hydrogens is 482 g/mol. The Morgan fingerprint density at radius 3 is 2.49 bits per heavy atom. The van der Waals surface area contributed by atoms with E-state index in [9.17, 15) is 9.59 Å². The molecule has 1 atom stereocenters. The maximum Gasteiger partial charge on any atom is 0.288 e. The average molecular weight is 508 g/mol. The lowest BCUT2D eigenvalue weighted by Gasteiger charge is -2.24. The van der Waals surface area contributed by atoms with Crippen LogP contribution < -0.4 is 10.3 Å². The summed E-state index contributed by atoms with van der Waals surface area (Å²) in [7, 11) is 3.99. The molecule has 2 aromatic heterocycles. The third-order valence-corrected chi connectivity index (χ3v) is 7.77. The zero-order valence-electron chi connectivity index (χ0n) is 20.4. The molecule has 8 heteroatoms. The number of nitrogens with one attached hydrogen (secondary N) is 2. The van der Waals surface area contributed by atoms with Crippen molar-refractivity contribution in [2.75, 3.05) is 24.7 Å². The number of carbonyl (C=O) groups is 2. The molecular formula is C29H25N5O2S. The number of aromatic amines is 1. The number of aromatic nitrogens is 2. The molecule has 3 heterocycles. The van der Waals surface area contributed by atoms with Crippen LogP contribution in [-0.4, -0.2) is 46.6 Å². The lowest BCUT2D eigenvalue weighted by Crippen LogP contribution is -2.44. The lowest BCUT2D eigenvalue weighted by molar-refractivity contribution is -0.130. The van der Waals surface area contributed by atoms with Crippen molar-refractivity contribution in [1.82, 2.24) is 20.4 Å². The summed E-state index contributed by atoms with van der Waals surface area (Å²) in [6.45, 7) is 0. The molecule has 1 unspecified atom stereocenters. The summed E-state index contributed by atoms with van der Waals surface area (Å²) in [6, 6.07) is 27.6. The number of pyridine rings is 1. The van der Waals surface area contributed by atoms with Crippen LogP contribution in [-0.2, 0) is 4.79 Å². The molecule has 0 spiro atoms. The Morgan fingerprint density at radius 1 is 1.00 bits per heavy atom. The van der Waals surface area contributed by atoms with E-state index in [4.69, 9.17) is 4.98 Å². The van der Waals surface area contributed by atoms with Gasteiger partial charge in [0, 0.05) is 41.6 Å². The third kappa shape index (κ3) is 4.19. The van der Waals surface area contributed by atoms with E-state index in [1.807, 2.05) is 97.9 Å². The molecule has 2 N–H and O–H groups in total. The van der Waals surface area contributed by atoms with E-state index in [-0.39, 0.29) is 17.0 Å². The van der Waals surface area contributed by atoms with Crippen molar-refractivity contribution in [3.8, 4) is 11.3 Å². The first kappa shape index (κ1) is 23.1. The molecule has 0 radical (unpaired) electrons. The average Bonchev–Trinajstić information content (AvgIpc) is 3.49. The number of rotatable bonds is 5. The van der Waals surface area contributed by atoms with Gasteiger partial charge in [0.05, 0.1) is 17.0 Å². The number of thioether (sulfide) groups is 1. The molecule has 1 aliphatic heterocycles. The zero-order chi connectivity index (χ0) is 25.5. The quantitative estimate of drug-likeness (QED) is 0.334. The van der Waals surface area contributed by atoms with Gasteiger partial charge in [-0.2, -0.15) is 0 Å². The van der Waals surface area contributed by atoms with E-state index in [1.54, 1.807) is 6.07 Å². The molecule has 1 fully saturated rings. The van der Waals surface area contributed by atoms with Crippen LogP contribution in [0.15, 0.2) is 84.9 Å². The van der Waals surface area contributed by atoms with E-state index in [0.717, 1.165) is 38.6 Å². The minimum atomic E-state index is -0.421. The van der Waals surface area contributed by atoms with Crippen molar-refractivity contribution in [3.63, 3.8) is 0 Å². The van der Waals surface area contributed by atoms with Crippen LogP contribution >= 0.6 is 11.8 Å². The molecule has 184 valence electrons. The van der Waals surface area contributed by atoms with Crippen LogP contribution in [0.5, 0.6) is 0 Å². The SMILES string of the molecule is CN(C)c1ccc(-c2nc(C(=O)NN3C(=O)CSC3c3ccccc3)cc3c2[nH]c2ccccc23)cc1. The van der Waals surface area contributed by atoms with Crippen LogP contribution in [0.4, 0.5) is 5.69 Å². The van der Waals surface area contributed by atoms with E-state index >= 15 is 0 Å². The van der Waals surface area contributed by atoms with E-state index < -0.39 is 5.91 Å². The third-order valence-electron chi connectivity index (χ3n) is 6.56. The highest BCUT2D eigenvalue weighted by molar-refractivity contribution is 8.00. The maximum atomic E-state index is 13.6. The van der Waals surface area contributed by atoms with Gasteiger partial charge >= 0.3 is 0 Å². The number of H-pyrrole nitrogens is 1. The van der Waals surface area contributed by atoms with Gasteiger partial charge in [0.1, 0.15) is 11.1 Å². The molecule has 3 aromatic carbocycles. The van der Waals surface area contributed by atoms with Crippen LogP contribution in [0, 0.1) is 0 Å². The minimum Gasteiger partial charge on any atom is -0.378 e. The Balaban J connectivity index is 1.43. The van der Waals surface area contributed by atoms with Gasteiger partial charge in [0.15, 0.2) is 0 Å². The fourth-order valence-electron chi connectivity index (χ4n) is 4.66. The molecule has 37 heavy (non-hydrogen) atoms. The minimum absolute atomic E-state index is 0.139. The Labute approximate surface area is 218 Å². The standard InChI is InChI=1S/C29H25N5O2S/c1-33(2)20-14-12-18(13-15-20)26-27-22(21-10-6-7-11-23(21)30-27)16-24(31-26)28(36)32-34-25(35)17-37-29(34)19-8-4-3-5-9-19/h3-16,29-30H,17H2,1-2H3,(H,32,36). The van der Waals surface area contributed by atoms with Crippen molar-refractivity contribution in [3.05, 3.63) is 96.2 Å². The van der Waals surface area contributed by atoms with Gasteiger partial charge in [-0.3, -0.25) is 15.0 Å². The number of nitrogens with zero attached hydrogens (tertiary/aromatic N) is 3. The van der Waals surface area contributed by atoms with Crippen molar-refractivity contribution >= 4 is 51.1 Å². The number of hydrogen-bond donors (Lipinski definition) is 2. The van der Waals surface area contributed by atoms with Crippen LogP contribution in [0.1, 0.15) is 21.4 Å². The molecule has 2 amide bonds. The molecule has 5 aromatic rings. The van der Waals surface area contributed by atoms with E-state index in [2.05, 4.69) is 10.4 Å². The molecule has 6 rings (SSSR count). The number of hydrogen-bond acceptors (Lipinski definition) is 5. The summed E-state index contributed by atoms with van der Waals surface area (Å²) in [5.41, 5.74) is 8.54. The van der Waals surface area contributed by atoms with Gasteiger partial charge in [0.2, 0.25) is 0 Å². The lowest BCUT2D eigenvalue weighted by atomic mass is 10.1. The van der Waals surface area contributed by atoms with Gasteiger partial charge in [-0.15, -0.1) is 11.8 Å². The molecule has 0 saturated carbocycles. The predicted octanol–water partition coefficient (Wildman–Crippen LogP) is 5.37. The first-order chi connectivity index (χ1) is 18.0.